The van der Waals surface area contributed by atoms with Gasteiger partial charge in [0.2, 0.25) is 0 Å². The first kappa shape index (κ1) is 30.9. The number of hydrogen-bond donors (Lipinski definition) is 4. The Bertz CT molecular complexity index is 875. The Hall–Kier alpha value is -2.16. The number of nitrogens with one attached hydrogen (secondary N) is 3. The second-order valence-electron chi connectivity index (χ2n) is 8.74. The first-order valence-electron chi connectivity index (χ1n) is 12.1. The van der Waals surface area contributed by atoms with Gasteiger partial charge in [-0.05, 0) is 100 Å². The highest BCUT2D eigenvalue weighted by molar-refractivity contribution is 6.30. The van der Waals surface area contributed by atoms with E-state index >= 15 is 0 Å². The van der Waals surface area contributed by atoms with Crippen LogP contribution in [0.2, 0.25) is 5.02 Å². The molecule has 6 N–H and O–H groups in total. The van der Waals surface area contributed by atoms with Crippen molar-refractivity contribution in [1.82, 2.24) is 16.9 Å². The Balaban J connectivity index is 0.000000401. The van der Waals surface area contributed by atoms with Gasteiger partial charge < -0.3 is 26.4 Å². The predicted molar refractivity (Wildman–Crippen MR) is 146 cm³/mol. The van der Waals surface area contributed by atoms with Gasteiger partial charge in [0, 0.05) is 27.9 Å². The normalized spacial score (nSPS) is 17.9. The van der Waals surface area contributed by atoms with Crippen LogP contribution < -0.4 is 27.0 Å². The number of ether oxygens (including phenoxy) is 1. The Morgan fingerprint density at radius 3 is 2.40 bits per heavy atom. The van der Waals surface area contributed by atoms with Crippen LogP contribution in [0, 0.1) is 5.92 Å². The number of benzene rings is 2. The minimum absolute atomic E-state index is 0. The summed E-state index contributed by atoms with van der Waals surface area (Å²) in [5, 5.41) is 7.39. The largest absolute Gasteiger partial charge is 0.496 e. The molecule has 0 radical (unpaired) electrons. The van der Waals surface area contributed by atoms with Gasteiger partial charge in [-0.1, -0.05) is 18.5 Å². The molecule has 1 atom stereocenters. The lowest BCUT2D eigenvalue weighted by Gasteiger charge is -2.28. The molecule has 0 saturated heterocycles. The third-order valence-electron chi connectivity index (χ3n) is 6.30. The molecule has 0 spiro atoms. The summed E-state index contributed by atoms with van der Waals surface area (Å²) < 4.78 is 5.41. The summed E-state index contributed by atoms with van der Waals surface area (Å²) in [6.07, 6.45) is 6.86. The van der Waals surface area contributed by atoms with Crippen LogP contribution in [-0.4, -0.2) is 40.1 Å². The predicted octanol–water partition coefficient (Wildman–Crippen LogP) is 5.97. The summed E-state index contributed by atoms with van der Waals surface area (Å²) in [6.45, 7) is 5.29. The van der Waals surface area contributed by atoms with Crippen molar-refractivity contribution >= 4 is 23.6 Å². The molecule has 1 saturated carbocycles. The van der Waals surface area contributed by atoms with E-state index in [9.17, 15) is 4.79 Å². The molecule has 2 aromatic rings. The number of carbonyl (C=O) groups is 1. The lowest BCUT2D eigenvalue weighted by Crippen LogP contribution is -2.34. The maximum absolute atomic E-state index is 10.9. The summed E-state index contributed by atoms with van der Waals surface area (Å²) in [4.78, 5) is 15.8. The molecule has 2 aromatic carbocycles. The van der Waals surface area contributed by atoms with E-state index in [-0.39, 0.29) is 12.2 Å². The first-order chi connectivity index (χ1) is 16.4. The fourth-order valence-electron chi connectivity index (χ4n) is 4.41. The summed E-state index contributed by atoms with van der Waals surface area (Å²) in [5.74, 6) is 1.68. The van der Waals surface area contributed by atoms with Crippen LogP contribution >= 0.6 is 11.6 Å². The molecule has 0 amide bonds. The van der Waals surface area contributed by atoms with Crippen molar-refractivity contribution in [3.63, 3.8) is 0 Å². The molecule has 0 aliphatic heterocycles. The number of carbonyl (C=O) groups excluding carboxylic acids is 1. The summed E-state index contributed by atoms with van der Waals surface area (Å²) in [7, 11) is 5.37. The topological polar surface area (TPSA) is 107 Å². The van der Waals surface area contributed by atoms with E-state index in [0.29, 0.717) is 16.6 Å². The fourth-order valence-corrected chi connectivity index (χ4v) is 4.60. The average Bonchev–Trinajstić information content (AvgIpc) is 2.86. The maximum atomic E-state index is 10.9. The first-order valence-corrected chi connectivity index (χ1v) is 12.4. The van der Waals surface area contributed by atoms with E-state index in [1.54, 1.807) is 14.2 Å². The molecule has 7 nitrogen and oxygen atoms in total. The zero-order valence-corrected chi connectivity index (χ0v) is 22.6. The number of halogens is 1. The Kier molecular flexibility index (Phi) is 14.6. The minimum Gasteiger partial charge on any atom is -0.496 e. The number of methoxy groups -OCH3 is 1. The molecule has 35 heavy (non-hydrogen) atoms. The number of anilines is 1. The van der Waals surface area contributed by atoms with Crippen LogP contribution in [0.5, 0.6) is 5.75 Å². The third-order valence-corrected chi connectivity index (χ3v) is 6.54. The van der Waals surface area contributed by atoms with Gasteiger partial charge in [-0.2, -0.15) is 5.48 Å². The van der Waals surface area contributed by atoms with Crippen molar-refractivity contribution in [3.05, 3.63) is 58.1 Å². The van der Waals surface area contributed by atoms with E-state index in [1.807, 2.05) is 43.4 Å². The van der Waals surface area contributed by atoms with Crippen molar-refractivity contribution in [3.8, 4) is 5.75 Å². The fraction of sp³-hybridized carbons (Fsp3) is 0.519. The monoisotopic (exact) mass is 506 g/mol. The lowest BCUT2D eigenvalue weighted by atomic mass is 9.86. The Morgan fingerprint density at radius 2 is 1.83 bits per heavy atom. The second kappa shape index (κ2) is 16.5. The molecule has 3 rings (SSSR count). The second-order valence-corrected chi connectivity index (χ2v) is 9.17. The van der Waals surface area contributed by atoms with Gasteiger partial charge >= 0.3 is 0 Å². The molecule has 1 fully saturated rings. The van der Waals surface area contributed by atoms with E-state index in [1.165, 1.54) is 32.2 Å². The van der Waals surface area contributed by atoms with Gasteiger partial charge in [0.25, 0.3) is 0 Å². The van der Waals surface area contributed by atoms with Crippen molar-refractivity contribution in [2.75, 3.05) is 33.1 Å². The minimum atomic E-state index is 0. The van der Waals surface area contributed by atoms with Gasteiger partial charge in [-0.15, -0.1) is 0 Å². The van der Waals surface area contributed by atoms with Crippen molar-refractivity contribution in [1.29, 1.82) is 0 Å². The molecule has 1 unspecified atom stereocenters. The SMILES string of the molecule is CCc1cc(C=O)ccc1NC(C)c1cc(Cl)ccc1OC.CNCC1CCC(NOC)CC1.N. The molecule has 0 bridgehead atoms. The van der Waals surface area contributed by atoms with Crippen LogP contribution in [-0.2, 0) is 11.3 Å². The zero-order chi connectivity index (χ0) is 24.9. The van der Waals surface area contributed by atoms with Gasteiger partial charge in [-0.3, -0.25) is 4.79 Å². The van der Waals surface area contributed by atoms with Crippen LogP contribution in [0.3, 0.4) is 0 Å². The van der Waals surface area contributed by atoms with E-state index < -0.39 is 0 Å². The standard InChI is InChI=1S/C18H20ClNO2.C9H20N2O.H3N/c1-4-14-9-13(11-21)5-7-17(14)20-12(2)16-10-15(19)6-8-18(16)22-3;1-10-7-8-3-5-9(6-4-8)11-12-2;/h5-12,20H,4H2,1-3H3;8-11H,3-7H2,1-2H3;1H3. The van der Waals surface area contributed by atoms with Crippen molar-refractivity contribution < 1.29 is 14.4 Å². The van der Waals surface area contributed by atoms with Crippen LogP contribution in [0.1, 0.15) is 67.1 Å². The average molecular weight is 507 g/mol. The summed E-state index contributed by atoms with van der Waals surface area (Å²) in [6, 6.07) is 11.9. The van der Waals surface area contributed by atoms with Gasteiger partial charge in [0.05, 0.1) is 20.3 Å². The molecule has 1 aliphatic rings. The quantitative estimate of drug-likeness (QED) is 0.232. The smallest absolute Gasteiger partial charge is 0.150 e. The highest BCUT2D eigenvalue weighted by Gasteiger charge is 2.20. The van der Waals surface area contributed by atoms with Gasteiger partial charge in [0.1, 0.15) is 12.0 Å². The highest BCUT2D eigenvalue weighted by atomic mass is 35.5. The number of aryl methyl sites for hydroxylation is 1. The Morgan fingerprint density at radius 1 is 1.11 bits per heavy atom. The van der Waals surface area contributed by atoms with E-state index in [4.69, 9.17) is 21.2 Å². The molecule has 1 aliphatic carbocycles. The van der Waals surface area contributed by atoms with Gasteiger partial charge in [-0.25, -0.2) is 0 Å². The molecule has 0 aromatic heterocycles. The van der Waals surface area contributed by atoms with Crippen LogP contribution in [0.15, 0.2) is 36.4 Å². The molecule has 0 heterocycles. The molecular formula is C27H43ClN4O3. The maximum Gasteiger partial charge on any atom is 0.150 e. The van der Waals surface area contributed by atoms with Crippen molar-refractivity contribution in [2.24, 2.45) is 5.92 Å². The number of aldehydes is 1. The zero-order valence-electron chi connectivity index (χ0n) is 21.8. The van der Waals surface area contributed by atoms with Crippen LogP contribution in [0.4, 0.5) is 5.69 Å². The molecular weight excluding hydrogens is 464 g/mol. The van der Waals surface area contributed by atoms with E-state index in [0.717, 1.165) is 41.2 Å². The molecule has 8 heteroatoms. The third kappa shape index (κ3) is 9.78. The summed E-state index contributed by atoms with van der Waals surface area (Å²) >= 11 is 6.10. The molecule has 196 valence electrons. The van der Waals surface area contributed by atoms with Crippen molar-refractivity contribution in [2.45, 2.75) is 58.0 Å². The summed E-state index contributed by atoms with van der Waals surface area (Å²) in [5.41, 5.74) is 6.84. The Labute approximate surface area is 215 Å². The number of hydrogen-bond acceptors (Lipinski definition) is 7. The number of rotatable bonds is 10. The lowest BCUT2D eigenvalue weighted by molar-refractivity contribution is 0.0434. The highest BCUT2D eigenvalue weighted by Crippen LogP contribution is 2.31. The van der Waals surface area contributed by atoms with Gasteiger partial charge in [0.15, 0.2) is 0 Å². The van der Waals surface area contributed by atoms with E-state index in [2.05, 4.69) is 30.0 Å². The van der Waals surface area contributed by atoms with Crippen LogP contribution in [0.25, 0.3) is 0 Å². The number of hydroxylamine groups is 1.